The molecule has 0 spiro atoms. The minimum atomic E-state index is -0.267. The van der Waals surface area contributed by atoms with Crippen LogP contribution in [0.1, 0.15) is 17.3 Å². The molecule has 6 heteroatoms. The summed E-state index contributed by atoms with van der Waals surface area (Å²) in [5.41, 5.74) is 1.10. The molecule has 2 aromatic rings. The first-order chi connectivity index (χ1) is 9.54. The molecule has 2 amide bonds. The topological polar surface area (TPSA) is 71.1 Å². The molecule has 1 aromatic heterocycles. The molecule has 2 N–H and O–H groups in total. The lowest BCUT2D eigenvalue weighted by atomic mass is 10.2. The van der Waals surface area contributed by atoms with Crippen molar-refractivity contribution in [3.63, 3.8) is 0 Å². The first-order valence-corrected chi connectivity index (χ1v) is 6.64. The molecule has 2 rings (SSSR count). The highest BCUT2D eigenvalue weighted by molar-refractivity contribution is 9.10. The van der Waals surface area contributed by atoms with Gasteiger partial charge in [-0.3, -0.25) is 9.59 Å². The van der Waals surface area contributed by atoms with Gasteiger partial charge in [0.2, 0.25) is 5.91 Å². The van der Waals surface area contributed by atoms with E-state index in [1.165, 1.54) is 19.2 Å². The van der Waals surface area contributed by atoms with Crippen LogP contribution in [0, 0.1) is 0 Å². The molecule has 0 radical (unpaired) electrons. The van der Waals surface area contributed by atoms with E-state index in [9.17, 15) is 9.59 Å². The Morgan fingerprint density at radius 1 is 1.15 bits per heavy atom. The molecule has 5 nitrogen and oxygen atoms in total. The van der Waals surface area contributed by atoms with Crippen LogP contribution in [0.15, 0.2) is 47.1 Å². The number of hydrogen-bond acceptors (Lipinski definition) is 3. The molecule has 0 aliphatic carbocycles. The third-order valence-electron chi connectivity index (χ3n) is 2.41. The van der Waals surface area contributed by atoms with E-state index in [2.05, 4.69) is 31.5 Å². The number of halogens is 1. The zero-order valence-electron chi connectivity index (χ0n) is 10.7. The highest BCUT2D eigenvalue weighted by Gasteiger charge is 2.08. The van der Waals surface area contributed by atoms with Gasteiger partial charge in [0.15, 0.2) is 0 Å². The molecule has 0 aliphatic heterocycles. The van der Waals surface area contributed by atoms with Gasteiger partial charge in [-0.2, -0.15) is 0 Å². The van der Waals surface area contributed by atoms with Crippen LogP contribution in [0.2, 0.25) is 0 Å². The molecule has 20 heavy (non-hydrogen) atoms. The van der Waals surface area contributed by atoms with Crippen LogP contribution in [0.5, 0.6) is 0 Å². The summed E-state index contributed by atoms with van der Waals surface area (Å²) in [4.78, 5) is 27.0. The third kappa shape index (κ3) is 3.89. The van der Waals surface area contributed by atoms with Gasteiger partial charge >= 0.3 is 0 Å². The molecule has 0 bridgehead atoms. The van der Waals surface area contributed by atoms with Gasteiger partial charge in [-0.25, -0.2) is 4.98 Å². The maximum Gasteiger partial charge on any atom is 0.255 e. The van der Waals surface area contributed by atoms with E-state index in [1.54, 1.807) is 18.2 Å². The van der Waals surface area contributed by atoms with Crippen LogP contribution in [0.4, 0.5) is 11.5 Å². The van der Waals surface area contributed by atoms with E-state index >= 15 is 0 Å². The van der Waals surface area contributed by atoms with E-state index in [4.69, 9.17) is 0 Å². The van der Waals surface area contributed by atoms with Crippen LogP contribution >= 0.6 is 15.9 Å². The minimum absolute atomic E-state index is 0.234. The van der Waals surface area contributed by atoms with Gasteiger partial charge in [0.05, 0.1) is 0 Å². The van der Waals surface area contributed by atoms with E-state index in [0.29, 0.717) is 17.1 Å². The molecule has 0 saturated heterocycles. The highest BCUT2D eigenvalue weighted by Crippen LogP contribution is 2.17. The summed E-state index contributed by atoms with van der Waals surface area (Å²) in [6.07, 6.45) is 1.47. The van der Waals surface area contributed by atoms with Crippen LogP contribution < -0.4 is 10.6 Å². The number of nitrogens with zero attached hydrogens (tertiary/aromatic N) is 1. The molecule has 1 heterocycles. The summed E-state index contributed by atoms with van der Waals surface area (Å²) in [6.45, 7) is 1.38. The van der Waals surface area contributed by atoms with Gasteiger partial charge < -0.3 is 10.6 Å². The molecule has 1 aromatic carbocycles. The normalized spacial score (nSPS) is 9.90. The van der Waals surface area contributed by atoms with Crippen molar-refractivity contribution < 1.29 is 9.59 Å². The Labute approximate surface area is 124 Å². The van der Waals surface area contributed by atoms with Gasteiger partial charge in [-0.15, -0.1) is 0 Å². The molecule has 0 aliphatic rings. The fourth-order valence-corrected chi connectivity index (χ4v) is 1.99. The number of aromatic nitrogens is 1. The summed E-state index contributed by atoms with van der Waals surface area (Å²) >= 11 is 3.34. The van der Waals surface area contributed by atoms with Crippen molar-refractivity contribution >= 4 is 39.2 Å². The Morgan fingerprint density at radius 3 is 2.65 bits per heavy atom. The van der Waals surface area contributed by atoms with E-state index in [0.717, 1.165) is 4.47 Å². The monoisotopic (exact) mass is 333 g/mol. The van der Waals surface area contributed by atoms with Gasteiger partial charge in [0, 0.05) is 28.8 Å². The lowest BCUT2D eigenvalue weighted by molar-refractivity contribution is -0.114. The quantitative estimate of drug-likeness (QED) is 0.906. The van der Waals surface area contributed by atoms with Gasteiger partial charge in [-0.05, 0) is 30.3 Å². The Balaban J connectivity index is 2.15. The highest BCUT2D eigenvalue weighted by atomic mass is 79.9. The second-order valence-corrected chi connectivity index (χ2v) is 4.99. The molecule has 0 unspecified atom stereocenters. The van der Waals surface area contributed by atoms with E-state index in [-0.39, 0.29) is 11.8 Å². The Bertz CT molecular complexity index is 658. The first-order valence-electron chi connectivity index (χ1n) is 5.85. The van der Waals surface area contributed by atoms with Crippen molar-refractivity contribution in [3.05, 3.63) is 52.6 Å². The number of pyridine rings is 1. The lowest BCUT2D eigenvalue weighted by Gasteiger charge is -2.07. The van der Waals surface area contributed by atoms with Crippen molar-refractivity contribution in [2.45, 2.75) is 6.92 Å². The van der Waals surface area contributed by atoms with Crippen molar-refractivity contribution in [2.24, 2.45) is 0 Å². The number of rotatable bonds is 3. The van der Waals surface area contributed by atoms with Crippen molar-refractivity contribution in [1.29, 1.82) is 0 Å². The van der Waals surface area contributed by atoms with Gasteiger partial charge in [-0.1, -0.05) is 22.0 Å². The number of carbonyl (C=O) groups is 2. The number of anilines is 2. The van der Waals surface area contributed by atoms with Crippen molar-refractivity contribution in [3.8, 4) is 0 Å². The van der Waals surface area contributed by atoms with Crippen molar-refractivity contribution in [2.75, 3.05) is 10.6 Å². The number of hydrogen-bond donors (Lipinski definition) is 2. The minimum Gasteiger partial charge on any atom is -0.322 e. The fourth-order valence-electron chi connectivity index (χ4n) is 1.59. The smallest absolute Gasteiger partial charge is 0.255 e. The second kappa shape index (κ2) is 6.29. The Morgan fingerprint density at radius 2 is 1.95 bits per heavy atom. The summed E-state index contributed by atoms with van der Waals surface area (Å²) in [6, 6.07) is 10.4. The van der Waals surface area contributed by atoms with E-state index in [1.807, 2.05) is 12.1 Å². The predicted molar refractivity (Wildman–Crippen MR) is 80.6 cm³/mol. The zero-order valence-corrected chi connectivity index (χ0v) is 12.3. The standard InChI is InChI=1S/C14H12BrN3O2/c1-9(19)17-13-7-10(5-6-16-13)14(20)18-12-4-2-3-11(15)8-12/h2-8H,1H3,(H,18,20)(H,16,17,19). The summed E-state index contributed by atoms with van der Waals surface area (Å²) < 4.78 is 0.879. The fraction of sp³-hybridized carbons (Fsp3) is 0.0714. The largest absolute Gasteiger partial charge is 0.322 e. The van der Waals surface area contributed by atoms with E-state index < -0.39 is 0 Å². The Kier molecular flexibility index (Phi) is 4.47. The molecule has 0 fully saturated rings. The van der Waals surface area contributed by atoms with Crippen molar-refractivity contribution in [1.82, 2.24) is 4.98 Å². The van der Waals surface area contributed by atoms with Crippen LogP contribution in [0.3, 0.4) is 0 Å². The number of benzene rings is 1. The summed E-state index contributed by atoms with van der Waals surface area (Å²) in [5.74, 6) is -0.154. The maximum absolute atomic E-state index is 12.1. The lowest BCUT2D eigenvalue weighted by Crippen LogP contribution is -2.13. The van der Waals surface area contributed by atoms with Crippen LogP contribution in [0.25, 0.3) is 0 Å². The number of amides is 2. The van der Waals surface area contributed by atoms with Gasteiger partial charge in [0.25, 0.3) is 5.91 Å². The zero-order chi connectivity index (χ0) is 14.5. The van der Waals surface area contributed by atoms with Crippen LogP contribution in [-0.4, -0.2) is 16.8 Å². The summed E-state index contributed by atoms with van der Waals surface area (Å²) in [7, 11) is 0. The SMILES string of the molecule is CC(=O)Nc1cc(C(=O)Nc2cccc(Br)c2)ccn1. The second-order valence-electron chi connectivity index (χ2n) is 4.08. The molecule has 0 atom stereocenters. The molecular weight excluding hydrogens is 322 g/mol. The van der Waals surface area contributed by atoms with Gasteiger partial charge in [0.1, 0.15) is 5.82 Å². The molecule has 0 saturated carbocycles. The molecule has 102 valence electrons. The molecular formula is C14H12BrN3O2. The summed E-state index contributed by atoms with van der Waals surface area (Å²) in [5, 5.41) is 5.31. The first kappa shape index (κ1) is 14.2. The number of carbonyl (C=O) groups excluding carboxylic acids is 2. The third-order valence-corrected chi connectivity index (χ3v) is 2.90. The Hall–Kier alpha value is -2.21. The predicted octanol–water partition coefficient (Wildman–Crippen LogP) is 3.05. The maximum atomic E-state index is 12.1. The number of nitrogens with one attached hydrogen (secondary N) is 2. The average molecular weight is 334 g/mol. The van der Waals surface area contributed by atoms with Crippen LogP contribution in [-0.2, 0) is 4.79 Å². The average Bonchev–Trinajstić information content (AvgIpc) is 2.38.